The highest BCUT2D eigenvalue weighted by Gasteiger charge is 2.48. The molecule has 43 heavy (non-hydrogen) atoms. The number of nitrogens with one attached hydrogen (secondary N) is 2. The zero-order valence-corrected chi connectivity index (χ0v) is 28.1. The van der Waals surface area contributed by atoms with E-state index in [0.717, 1.165) is 0 Å². The lowest BCUT2D eigenvalue weighted by Crippen LogP contribution is -2.55. The molecule has 2 unspecified atom stereocenters. The summed E-state index contributed by atoms with van der Waals surface area (Å²) in [7, 11) is 3.63. The molecule has 0 radical (unpaired) electrons. The third-order valence-corrected chi connectivity index (χ3v) is 7.48. The van der Waals surface area contributed by atoms with Crippen molar-refractivity contribution in [1.29, 1.82) is 0 Å². The molecule has 1 rings (SSSR count). The largest absolute Gasteiger partial charge is 0.399 e. The Balaban J connectivity index is 2.48. The second kappa shape index (κ2) is 17.8. The van der Waals surface area contributed by atoms with Gasteiger partial charge in [-0.15, -0.1) is 0 Å². The standard InChI is InChI=1S/C30H58N6O7/c1-10-34(8)17-26(39)42-28-36(9,18-27(40)43-28)15-14-35(11-2)16-25(38)33-20-30(6,7)22-41-21-29(4,5)19-32-24(37)13-12-23(3)31/h23,28H,10-22,31H2,1-9H3,(H-,32,33,37,38)/p+1/t23?,28-,36?/m0/s1. The van der Waals surface area contributed by atoms with Crippen LogP contribution < -0.4 is 16.4 Å². The van der Waals surface area contributed by atoms with Gasteiger partial charge in [0, 0.05) is 42.9 Å². The summed E-state index contributed by atoms with van der Waals surface area (Å²) in [5, 5.41) is 5.97. The molecule has 2 amide bonds. The quantitative estimate of drug-likeness (QED) is 0.123. The molecule has 0 bridgehead atoms. The van der Waals surface area contributed by atoms with Crippen LogP contribution in [0, 0.1) is 10.8 Å². The van der Waals surface area contributed by atoms with Crippen LogP contribution in [-0.2, 0) is 33.4 Å². The summed E-state index contributed by atoms with van der Waals surface area (Å²) in [5.74, 6) is -0.979. The van der Waals surface area contributed by atoms with Crippen LogP contribution in [0.15, 0.2) is 0 Å². The Kier molecular flexibility index (Phi) is 16.1. The number of nitrogens with zero attached hydrogens (tertiary/aromatic N) is 3. The number of amides is 2. The SMILES string of the molecule is CCN(C)CC(=O)O[C@H]1OC(=O)C[N+]1(C)CCN(CC)CC(=O)NCC(C)(C)COCC(C)(C)CNC(=O)CCC(C)N. The average molecular weight is 616 g/mol. The fourth-order valence-electron chi connectivity index (χ4n) is 4.27. The van der Waals surface area contributed by atoms with Gasteiger partial charge in [-0.25, -0.2) is 9.28 Å². The molecule has 13 heteroatoms. The second-order valence-electron chi connectivity index (χ2n) is 13.7. The van der Waals surface area contributed by atoms with Gasteiger partial charge in [-0.05, 0) is 33.5 Å². The van der Waals surface area contributed by atoms with Gasteiger partial charge in [-0.1, -0.05) is 41.5 Å². The van der Waals surface area contributed by atoms with Gasteiger partial charge in [-0.2, -0.15) is 0 Å². The van der Waals surface area contributed by atoms with Crippen molar-refractivity contribution >= 4 is 23.8 Å². The summed E-state index contributed by atoms with van der Waals surface area (Å²) in [4.78, 5) is 53.0. The molecule has 0 aromatic heterocycles. The van der Waals surface area contributed by atoms with Gasteiger partial charge in [0.15, 0.2) is 6.54 Å². The maximum absolute atomic E-state index is 12.8. The van der Waals surface area contributed by atoms with E-state index in [-0.39, 0.29) is 52.8 Å². The van der Waals surface area contributed by atoms with Crippen molar-refractivity contribution < 1.29 is 37.9 Å². The number of carbonyl (C=O) groups is 4. The minimum atomic E-state index is -1.00. The van der Waals surface area contributed by atoms with Crippen LogP contribution in [0.25, 0.3) is 0 Å². The van der Waals surface area contributed by atoms with E-state index >= 15 is 0 Å². The Morgan fingerprint density at radius 2 is 1.63 bits per heavy atom. The number of ether oxygens (including phenoxy) is 3. The van der Waals surface area contributed by atoms with E-state index in [0.29, 0.717) is 65.3 Å². The Hall–Kier alpha value is -2.32. The van der Waals surface area contributed by atoms with Gasteiger partial charge in [0.25, 0.3) is 0 Å². The van der Waals surface area contributed by atoms with E-state index in [9.17, 15) is 19.2 Å². The van der Waals surface area contributed by atoms with Gasteiger partial charge >= 0.3 is 18.4 Å². The van der Waals surface area contributed by atoms with Gasteiger partial charge in [-0.3, -0.25) is 24.2 Å². The van der Waals surface area contributed by atoms with Crippen molar-refractivity contribution in [2.24, 2.45) is 16.6 Å². The summed E-state index contributed by atoms with van der Waals surface area (Å²) in [5.41, 5.74) is 5.19. The first kappa shape index (κ1) is 38.7. The Morgan fingerprint density at radius 1 is 1.05 bits per heavy atom. The maximum atomic E-state index is 12.8. The Bertz CT molecular complexity index is 913. The Morgan fingerprint density at radius 3 is 2.16 bits per heavy atom. The van der Waals surface area contributed by atoms with Crippen LogP contribution >= 0.6 is 0 Å². The third-order valence-electron chi connectivity index (χ3n) is 7.48. The van der Waals surface area contributed by atoms with Crippen molar-refractivity contribution in [1.82, 2.24) is 20.4 Å². The maximum Gasteiger partial charge on any atom is 0.399 e. The van der Waals surface area contributed by atoms with Gasteiger partial charge in [0.1, 0.15) is 0 Å². The number of likely N-dealkylation sites (N-methyl/N-ethyl adjacent to an activating group) is 3. The van der Waals surface area contributed by atoms with Crippen molar-refractivity contribution in [3.05, 3.63) is 0 Å². The summed E-state index contributed by atoms with van der Waals surface area (Å²) in [6.07, 6.45) is 0.0679. The number of cyclic esters (lactones) is 1. The number of carbonyl (C=O) groups excluding carboxylic acids is 4. The van der Waals surface area contributed by atoms with Gasteiger partial charge in [0.2, 0.25) is 11.8 Å². The molecule has 13 nitrogen and oxygen atoms in total. The number of esters is 2. The van der Waals surface area contributed by atoms with Gasteiger partial charge < -0.3 is 30.6 Å². The predicted molar refractivity (Wildman–Crippen MR) is 164 cm³/mol. The lowest BCUT2D eigenvalue weighted by Gasteiger charge is -2.33. The van der Waals surface area contributed by atoms with E-state index in [1.165, 1.54) is 0 Å². The molecule has 0 aliphatic carbocycles. The summed E-state index contributed by atoms with van der Waals surface area (Å²) in [6, 6.07) is 0.000251. The van der Waals surface area contributed by atoms with Crippen molar-refractivity contribution in [2.45, 2.75) is 73.8 Å². The van der Waals surface area contributed by atoms with Crippen molar-refractivity contribution in [2.75, 3.05) is 86.2 Å². The van der Waals surface area contributed by atoms with E-state index in [1.807, 2.05) is 72.4 Å². The van der Waals surface area contributed by atoms with E-state index in [4.69, 9.17) is 19.9 Å². The smallest absolute Gasteiger partial charge is 0.380 e. The zero-order valence-electron chi connectivity index (χ0n) is 28.1. The summed E-state index contributed by atoms with van der Waals surface area (Å²) in [6.45, 7) is 18.5. The van der Waals surface area contributed by atoms with Crippen molar-refractivity contribution in [3.63, 3.8) is 0 Å². The lowest BCUT2D eigenvalue weighted by atomic mass is 9.93. The van der Waals surface area contributed by atoms with Crippen LogP contribution in [-0.4, -0.2) is 137 Å². The molecule has 1 saturated heterocycles. The molecule has 3 atom stereocenters. The van der Waals surface area contributed by atoms with Crippen LogP contribution in [0.1, 0.15) is 61.3 Å². The fraction of sp³-hybridized carbons (Fsp3) is 0.867. The first-order chi connectivity index (χ1) is 19.9. The predicted octanol–water partition coefficient (Wildman–Crippen LogP) is 0.519. The van der Waals surface area contributed by atoms with Crippen molar-refractivity contribution in [3.8, 4) is 0 Å². The second-order valence-corrected chi connectivity index (χ2v) is 13.7. The third kappa shape index (κ3) is 15.8. The molecule has 250 valence electrons. The molecule has 0 aromatic rings. The average Bonchev–Trinajstić information content (AvgIpc) is 3.19. The van der Waals surface area contributed by atoms with Crippen LogP contribution in [0.3, 0.4) is 0 Å². The van der Waals surface area contributed by atoms with Crippen LogP contribution in [0.4, 0.5) is 0 Å². The summed E-state index contributed by atoms with van der Waals surface area (Å²) < 4.78 is 16.9. The molecule has 0 spiro atoms. The molecule has 1 aliphatic heterocycles. The summed E-state index contributed by atoms with van der Waals surface area (Å²) >= 11 is 0. The highest BCUT2D eigenvalue weighted by molar-refractivity contribution is 5.78. The van der Waals surface area contributed by atoms with E-state index in [2.05, 4.69) is 10.6 Å². The minimum Gasteiger partial charge on any atom is -0.380 e. The number of hydrogen-bond acceptors (Lipinski definition) is 10. The molecule has 1 fully saturated rings. The van der Waals surface area contributed by atoms with Crippen LogP contribution in [0.2, 0.25) is 0 Å². The molecular weight excluding hydrogens is 556 g/mol. The van der Waals surface area contributed by atoms with Crippen LogP contribution in [0.5, 0.6) is 0 Å². The number of quaternary nitrogens is 1. The number of rotatable bonds is 21. The zero-order chi connectivity index (χ0) is 32.8. The first-order valence-corrected chi connectivity index (χ1v) is 15.4. The van der Waals surface area contributed by atoms with E-state index in [1.54, 1.807) is 0 Å². The fourth-order valence-corrected chi connectivity index (χ4v) is 4.27. The number of nitrogens with two attached hydrogens (primary N) is 1. The molecule has 0 aromatic carbocycles. The minimum absolute atomic E-state index is 0.000251. The molecule has 1 heterocycles. The Labute approximate surface area is 258 Å². The highest BCUT2D eigenvalue weighted by atomic mass is 16.7. The number of hydrogen-bond donors (Lipinski definition) is 3. The molecule has 4 N–H and O–H groups in total. The molecular formula is C30H59N6O7+. The topological polar surface area (TPSA) is 153 Å². The van der Waals surface area contributed by atoms with E-state index < -0.39 is 18.4 Å². The first-order valence-electron chi connectivity index (χ1n) is 15.4. The normalized spacial score (nSPS) is 19.8. The molecule has 0 saturated carbocycles. The monoisotopic (exact) mass is 615 g/mol. The molecule has 1 aliphatic rings. The lowest BCUT2D eigenvalue weighted by molar-refractivity contribution is -0.952. The highest BCUT2D eigenvalue weighted by Crippen LogP contribution is 2.22. The van der Waals surface area contributed by atoms with Gasteiger partial charge in [0.05, 0.1) is 39.9 Å².